The molecule has 4 amide bonds. The van der Waals surface area contributed by atoms with Crippen LogP contribution in [-0.4, -0.2) is 46.5 Å². The van der Waals surface area contributed by atoms with E-state index in [9.17, 15) is 19.2 Å². The van der Waals surface area contributed by atoms with Gasteiger partial charge in [-0.25, -0.2) is 0 Å². The Bertz CT molecular complexity index is 2560. The number of nitrogens with zero attached hydrogens (tertiary/aromatic N) is 2. The SMILES string of the molecule is CCCCC(CC)CN1C(=O)c2ccc3c4c(OCc5ccc(Br)cc5)cc5c6c(ccc(c7c(Br)cc(c2c37)C1=O)c64)C(=O)N(CC(CC)CCCC)C5=O. The van der Waals surface area contributed by atoms with Crippen LogP contribution in [0, 0.1) is 11.8 Å². The van der Waals surface area contributed by atoms with Gasteiger partial charge < -0.3 is 4.74 Å². The molecule has 0 N–H and O–H groups in total. The van der Waals surface area contributed by atoms with Crippen molar-refractivity contribution in [1.82, 2.24) is 9.80 Å². The lowest BCUT2D eigenvalue weighted by atomic mass is 9.81. The monoisotopic (exact) mass is 876 g/mol. The average Bonchev–Trinajstić information content (AvgIpc) is 3.21. The fraction of sp³-hybridized carbons (Fsp3) is 0.362. The van der Waals surface area contributed by atoms with Crippen LogP contribution in [0.4, 0.5) is 0 Å². The second kappa shape index (κ2) is 15.5. The molecule has 0 saturated heterocycles. The zero-order valence-electron chi connectivity index (χ0n) is 32.4. The van der Waals surface area contributed by atoms with Crippen molar-refractivity contribution in [3.05, 3.63) is 97.4 Å². The molecule has 0 radical (unpaired) electrons. The van der Waals surface area contributed by atoms with Crippen LogP contribution in [0.2, 0.25) is 0 Å². The Morgan fingerprint density at radius 1 is 0.554 bits per heavy atom. The summed E-state index contributed by atoms with van der Waals surface area (Å²) in [6.07, 6.45) is 7.87. The minimum Gasteiger partial charge on any atom is -0.488 e. The van der Waals surface area contributed by atoms with Crippen LogP contribution in [0.15, 0.2) is 69.6 Å². The van der Waals surface area contributed by atoms with E-state index in [1.807, 2.05) is 60.7 Å². The first-order valence-corrected chi connectivity index (χ1v) is 21.7. The normalized spacial score (nSPS) is 15.3. The minimum atomic E-state index is -0.314. The van der Waals surface area contributed by atoms with Crippen LogP contribution < -0.4 is 4.74 Å². The van der Waals surface area contributed by atoms with Gasteiger partial charge in [-0.1, -0.05) is 122 Å². The van der Waals surface area contributed by atoms with Crippen molar-refractivity contribution in [3.8, 4) is 5.75 Å². The molecule has 2 atom stereocenters. The summed E-state index contributed by atoms with van der Waals surface area (Å²) >= 11 is 7.40. The van der Waals surface area contributed by atoms with E-state index in [0.29, 0.717) is 56.3 Å². The Morgan fingerprint density at radius 3 is 1.55 bits per heavy atom. The lowest BCUT2D eigenvalue weighted by molar-refractivity contribution is 0.0565. The molecule has 2 aliphatic rings. The van der Waals surface area contributed by atoms with Crippen LogP contribution in [0.1, 0.15) is 126 Å². The van der Waals surface area contributed by atoms with Crippen LogP contribution in [-0.2, 0) is 6.61 Å². The highest BCUT2D eigenvalue weighted by molar-refractivity contribution is 9.11. The molecule has 7 nitrogen and oxygen atoms in total. The van der Waals surface area contributed by atoms with E-state index in [-0.39, 0.29) is 42.1 Å². The van der Waals surface area contributed by atoms with E-state index in [0.717, 1.165) is 93.7 Å². The van der Waals surface area contributed by atoms with Crippen molar-refractivity contribution in [2.75, 3.05) is 13.1 Å². The van der Waals surface area contributed by atoms with Gasteiger partial charge in [-0.3, -0.25) is 29.0 Å². The third-order valence-electron chi connectivity index (χ3n) is 12.2. The molecule has 288 valence electrons. The van der Waals surface area contributed by atoms with Crippen LogP contribution in [0.5, 0.6) is 5.75 Å². The summed E-state index contributed by atoms with van der Waals surface area (Å²) in [5.74, 6) is -0.222. The number of benzene rings is 6. The summed E-state index contributed by atoms with van der Waals surface area (Å²) in [6.45, 7) is 9.54. The first kappa shape index (κ1) is 38.5. The molecular weight excluding hydrogens is 832 g/mol. The fourth-order valence-electron chi connectivity index (χ4n) is 9.02. The van der Waals surface area contributed by atoms with Crippen molar-refractivity contribution in [2.45, 2.75) is 85.7 Å². The molecule has 2 aliphatic heterocycles. The second-order valence-corrected chi connectivity index (χ2v) is 17.4. The number of unbranched alkanes of at least 4 members (excludes halogenated alkanes) is 2. The summed E-state index contributed by atoms with van der Waals surface area (Å²) in [4.78, 5) is 60.5. The molecule has 0 aliphatic carbocycles. The predicted molar refractivity (Wildman–Crippen MR) is 231 cm³/mol. The summed E-state index contributed by atoms with van der Waals surface area (Å²) in [6, 6.07) is 19.2. The highest BCUT2D eigenvalue weighted by Gasteiger charge is 2.39. The van der Waals surface area contributed by atoms with Gasteiger partial charge in [0.25, 0.3) is 23.6 Å². The van der Waals surface area contributed by atoms with E-state index in [1.165, 1.54) is 9.80 Å². The van der Waals surface area contributed by atoms with Gasteiger partial charge in [0.1, 0.15) is 12.4 Å². The first-order chi connectivity index (χ1) is 27.1. The third kappa shape index (κ3) is 6.30. The Balaban J connectivity index is 1.37. The number of rotatable bonds is 15. The molecule has 8 rings (SSSR count). The van der Waals surface area contributed by atoms with Crippen molar-refractivity contribution in [1.29, 1.82) is 0 Å². The van der Waals surface area contributed by atoms with Crippen molar-refractivity contribution < 1.29 is 23.9 Å². The zero-order valence-corrected chi connectivity index (χ0v) is 35.6. The quantitative estimate of drug-likeness (QED) is 0.0583. The van der Waals surface area contributed by atoms with Crippen molar-refractivity contribution in [3.63, 3.8) is 0 Å². The van der Waals surface area contributed by atoms with E-state index in [1.54, 1.807) is 0 Å². The van der Waals surface area contributed by atoms with Gasteiger partial charge >= 0.3 is 0 Å². The molecule has 2 unspecified atom stereocenters. The van der Waals surface area contributed by atoms with Gasteiger partial charge in [0.05, 0.1) is 5.56 Å². The molecule has 0 aromatic heterocycles. The molecule has 2 heterocycles. The molecule has 6 aromatic rings. The molecule has 0 fully saturated rings. The summed E-state index contributed by atoms with van der Waals surface area (Å²) in [7, 11) is 0. The number of halogens is 2. The topological polar surface area (TPSA) is 84.0 Å². The maximum absolute atomic E-state index is 14.6. The average molecular weight is 879 g/mol. The maximum Gasteiger partial charge on any atom is 0.261 e. The molecular formula is C47H46Br2N2O5. The smallest absolute Gasteiger partial charge is 0.261 e. The largest absolute Gasteiger partial charge is 0.488 e. The molecule has 56 heavy (non-hydrogen) atoms. The Labute approximate surface area is 344 Å². The lowest BCUT2D eigenvalue weighted by Crippen LogP contribution is -2.43. The van der Waals surface area contributed by atoms with Gasteiger partial charge in [-0.15, -0.1) is 0 Å². The highest BCUT2D eigenvalue weighted by atomic mass is 79.9. The molecule has 0 spiro atoms. The zero-order chi connectivity index (χ0) is 39.4. The van der Waals surface area contributed by atoms with E-state index in [2.05, 4.69) is 59.6 Å². The minimum absolute atomic E-state index is 0.207. The van der Waals surface area contributed by atoms with E-state index >= 15 is 0 Å². The summed E-state index contributed by atoms with van der Waals surface area (Å²) in [5, 5.41) is 5.97. The van der Waals surface area contributed by atoms with Gasteiger partial charge in [0.2, 0.25) is 0 Å². The second-order valence-electron chi connectivity index (χ2n) is 15.6. The number of amides is 4. The fourth-order valence-corrected chi connectivity index (χ4v) is 9.92. The lowest BCUT2D eigenvalue weighted by Gasteiger charge is -2.33. The third-order valence-corrected chi connectivity index (χ3v) is 13.4. The van der Waals surface area contributed by atoms with Gasteiger partial charge in [0, 0.05) is 71.0 Å². The number of carbonyl (C=O) groups is 4. The number of imide groups is 2. The van der Waals surface area contributed by atoms with Crippen molar-refractivity contribution in [2.24, 2.45) is 11.8 Å². The predicted octanol–water partition coefficient (Wildman–Crippen LogP) is 12.5. The Morgan fingerprint density at radius 2 is 1.04 bits per heavy atom. The summed E-state index contributed by atoms with van der Waals surface area (Å²) in [5.41, 5.74) is 2.86. The number of carbonyl (C=O) groups excluding carboxylic acids is 4. The van der Waals surface area contributed by atoms with Crippen LogP contribution in [0.3, 0.4) is 0 Å². The molecule has 6 aromatic carbocycles. The van der Waals surface area contributed by atoms with E-state index < -0.39 is 0 Å². The van der Waals surface area contributed by atoms with Crippen LogP contribution in [0.25, 0.3) is 43.1 Å². The molecule has 9 heteroatoms. The van der Waals surface area contributed by atoms with Gasteiger partial charge in [-0.2, -0.15) is 0 Å². The Hall–Kier alpha value is -4.34. The maximum atomic E-state index is 14.6. The highest BCUT2D eigenvalue weighted by Crippen LogP contribution is 2.51. The number of hydrogen-bond acceptors (Lipinski definition) is 5. The van der Waals surface area contributed by atoms with Crippen LogP contribution >= 0.6 is 31.9 Å². The molecule has 0 saturated carbocycles. The van der Waals surface area contributed by atoms with Gasteiger partial charge in [0.15, 0.2) is 0 Å². The number of ether oxygens (including phenoxy) is 1. The first-order valence-electron chi connectivity index (χ1n) is 20.1. The molecule has 0 bridgehead atoms. The Kier molecular flexibility index (Phi) is 10.7. The van der Waals surface area contributed by atoms with E-state index in [4.69, 9.17) is 4.74 Å². The van der Waals surface area contributed by atoms with Gasteiger partial charge in [-0.05, 0) is 77.4 Å². The summed E-state index contributed by atoms with van der Waals surface area (Å²) < 4.78 is 8.39. The van der Waals surface area contributed by atoms with Crippen molar-refractivity contribution >= 4 is 98.6 Å². The number of hydrogen-bond donors (Lipinski definition) is 0. The standard InChI is InChI=1S/C47H46Br2N2O5/c1-5-9-11-26(7-3)23-50-44(52)32-20-18-31-41-37(56-25-28-13-15-29(48)16-14-28)22-35-39-33(45(53)51(47(35)55)24-27(8-4)12-10-6-2)19-17-30(43(39)41)40-36(49)21-34(46(50)54)38(32)42(31)40/h13-22,26-27H,5-12,23-25H2,1-4H3. The number of fused-ring (bicyclic) bond motifs is 2.